The van der Waals surface area contributed by atoms with Crippen molar-refractivity contribution in [3.05, 3.63) is 99.4 Å². The molecule has 1 amide bonds. The zero-order valence-electron chi connectivity index (χ0n) is 17.8. The van der Waals surface area contributed by atoms with Crippen LogP contribution in [0.1, 0.15) is 27.6 Å². The van der Waals surface area contributed by atoms with Crippen LogP contribution in [-0.4, -0.2) is 15.7 Å². The van der Waals surface area contributed by atoms with Crippen LogP contribution in [-0.2, 0) is 13.2 Å². The average molecular weight is 512 g/mol. The standard InChI is InChI=1S/C23H15ClF5N3O3/c1-11-7-16(31-32(11)9-12-3-2-4-13(24)8-12)30-23(33)15-6-5-14(35-15)10-34-22-20(28)18(26)17(25)19(27)21(22)29/h2-8H,9-10H2,1H3,(H,30,31,33). The van der Waals surface area contributed by atoms with Crippen LogP contribution in [0.2, 0.25) is 5.02 Å². The summed E-state index contributed by atoms with van der Waals surface area (Å²) in [6.07, 6.45) is 0. The summed E-state index contributed by atoms with van der Waals surface area (Å²) in [4.78, 5) is 12.5. The number of furan rings is 1. The first kappa shape index (κ1) is 24.3. The van der Waals surface area contributed by atoms with Crippen LogP contribution in [0.3, 0.4) is 0 Å². The molecule has 2 aromatic heterocycles. The summed E-state index contributed by atoms with van der Waals surface area (Å²) in [5.74, 6) is -13.0. The van der Waals surface area contributed by atoms with E-state index in [1.807, 2.05) is 12.1 Å². The monoisotopic (exact) mass is 511 g/mol. The molecule has 0 aliphatic carbocycles. The number of nitrogens with one attached hydrogen (secondary N) is 1. The van der Waals surface area contributed by atoms with E-state index in [4.69, 9.17) is 20.8 Å². The number of anilines is 1. The van der Waals surface area contributed by atoms with Gasteiger partial charge in [-0.15, -0.1) is 0 Å². The molecule has 0 bridgehead atoms. The lowest BCUT2D eigenvalue weighted by Gasteiger charge is -2.09. The second kappa shape index (κ2) is 9.79. The Morgan fingerprint density at radius 3 is 2.40 bits per heavy atom. The quantitative estimate of drug-likeness (QED) is 0.187. The zero-order chi connectivity index (χ0) is 25.3. The van der Waals surface area contributed by atoms with Crippen LogP contribution in [0.4, 0.5) is 27.8 Å². The minimum Gasteiger partial charge on any atom is -0.479 e. The highest BCUT2D eigenvalue weighted by atomic mass is 35.5. The van der Waals surface area contributed by atoms with Gasteiger partial charge in [0, 0.05) is 16.8 Å². The Balaban J connectivity index is 1.41. The molecule has 12 heteroatoms. The summed E-state index contributed by atoms with van der Waals surface area (Å²) in [7, 11) is 0. The van der Waals surface area contributed by atoms with E-state index in [0.717, 1.165) is 11.3 Å². The van der Waals surface area contributed by atoms with Gasteiger partial charge < -0.3 is 14.5 Å². The molecule has 0 saturated carbocycles. The van der Waals surface area contributed by atoms with E-state index >= 15 is 0 Å². The lowest BCUT2D eigenvalue weighted by atomic mass is 10.2. The number of rotatable bonds is 7. The Labute approximate surface area is 199 Å². The van der Waals surface area contributed by atoms with Gasteiger partial charge in [0.25, 0.3) is 5.91 Å². The van der Waals surface area contributed by atoms with Gasteiger partial charge in [0.1, 0.15) is 12.4 Å². The molecule has 1 N–H and O–H groups in total. The van der Waals surface area contributed by atoms with Crippen LogP contribution in [0.5, 0.6) is 5.75 Å². The molecule has 35 heavy (non-hydrogen) atoms. The van der Waals surface area contributed by atoms with E-state index in [0.29, 0.717) is 11.6 Å². The van der Waals surface area contributed by atoms with Crippen molar-refractivity contribution < 1.29 is 35.9 Å². The maximum atomic E-state index is 13.7. The first-order valence-corrected chi connectivity index (χ1v) is 10.3. The number of hydrogen-bond acceptors (Lipinski definition) is 4. The number of halogens is 6. The molecular weight excluding hydrogens is 497 g/mol. The molecule has 0 radical (unpaired) electrons. The summed E-state index contributed by atoms with van der Waals surface area (Å²) >= 11 is 6.00. The maximum Gasteiger partial charge on any atom is 0.292 e. The molecular formula is C23H15ClF5N3O3. The number of hydrogen-bond donors (Lipinski definition) is 1. The Morgan fingerprint density at radius 2 is 1.71 bits per heavy atom. The summed E-state index contributed by atoms with van der Waals surface area (Å²) in [5.41, 5.74) is 1.67. The molecule has 2 heterocycles. The Morgan fingerprint density at radius 1 is 1.03 bits per heavy atom. The number of nitrogens with zero attached hydrogens (tertiary/aromatic N) is 2. The van der Waals surface area contributed by atoms with Crippen LogP contribution >= 0.6 is 11.6 Å². The number of benzene rings is 2. The van der Waals surface area contributed by atoms with Crippen LogP contribution < -0.4 is 10.1 Å². The van der Waals surface area contributed by atoms with Gasteiger partial charge in [-0.25, -0.2) is 13.2 Å². The Kier molecular flexibility index (Phi) is 6.79. The van der Waals surface area contributed by atoms with Gasteiger partial charge in [0.05, 0.1) is 6.54 Å². The highest BCUT2D eigenvalue weighted by molar-refractivity contribution is 6.30. The van der Waals surface area contributed by atoms with Crippen LogP contribution in [0.25, 0.3) is 0 Å². The molecule has 0 fully saturated rings. The van der Waals surface area contributed by atoms with E-state index in [9.17, 15) is 26.7 Å². The number of aryl methyl sites for hydroxylation is 1. The molecule has 6 nitrogen and oxygen atoms in total. The number of carbonyl (C=O) groups excluding carboxylic acids is 1. The largest absolute Gasteiger partial charge is 0.479 e. The lowest BCUT2D eigenvalue weighted by molar-refractivity contribution is 0.0991. The van der Waals surface area contributed by atoms with Crippen molar-refractivity contribution >= 4 is 23.3 Å². The number of carbonyl (C=O) groups is 1. The fourth-order valence-corrected chi connectivity index (χ4v) is 3.36. The highest BCUT2D eigenvalue weighted by Crippen LogP contribution is 2.30. The van der Waals surface area contributed by atoms with Crippen molar-refractivity contribution in [3.63, 3.8) is 0 Å². The molecule has 0 spiro atoms. The van der Waals surface area contributed by atoms with Gasteiger partial charge in [-0.2, -0.15) is 13.9 Å². The zero-order valence-corrected chi connectivity index (χ0v) is 18.6. The van der Waals surface area contributed by atoms with Gasteiger partial charge in [-0.3, -0.25) is 9.48 Å². The molecule has 4 aromatic rings. The molecule has 2 aromatic carbocycles. The van der Waals surface area contributed by atoms with Crippen molar-refractivity contribution in [2.24, 2.45) is 0 Å². The van der Waals surface area contributed by atoms with Crippen molar-refractivity contribution in [2.45, 2.75) is 20.1 Å². The first-order valence-electron chi connectivity index (χ1n) is 9.97. The molecule has 0 aliphatic rings. The van der Waals surface area contributed by atoms with E-state index < -0.39 is 47.3 Å². The van der Waals surface area contributed by atoms with Gasteiger partial charge in [-0.05, 0) is 36.8 Å². The highest BCUT2D eigenvalue weighted by Gasteiger charge is 2.27. The summed E-state index contributed by atoms with van der Waals surface area (Å²) in [6.45, 7) is 1.52. The number of amides is 1. The van der Waals surface area contributed by atoms with Crippen molar-refractivity contribution in [1.29, 1.82) is 0 Å². The summed E-state index contributed by atoms with van der Waals surface area (Å²) < 4.78 is 78.8. The first-order chi connectivity index (χ1) is 16.6. The Hall–Kier alpha value is -3.86. The van der Waals surface area contributed by atoms with Crippen molar-refractivity contribution in [3.8, 4) is 5.75 Å². The van der Waals surface area contributed by atoms with Crippen LogP contribution in [0, 0.1) is 36.0 Å². The maximum absolute atomic E-state index is 13.7. The Bertz CT molecular complexity index is 1390. The van der Waals surface area contributed by atoms with Gasteiger partial charge in [0.15, 0.2) is 17.3 Å². The molecule has 182 valence electrons. The lowest BCUT2D eigenvalue weighted by Crippen LogP contribution is -2.12. The molecule has 0 saturated heterocycles. The second-order valence-corrected chi connectivity index (χ2v) is 7.80. The van der Waals surface area contributed by atoms with E-state index in [2.05, 4.69) is 10.4 Å². The van der Waals surface area contributed by atoms with Gasteiger partial charge in [-0.1, -0.05) is 23.7 Å². The van der Waals surface area contributed by atoms with E-state index in [-0.39, 0.29) is 17.3 Å². The van der Waals surface area contributed by atoms with Crippen molar-refractivity contribution in [2.75, 3.05) is 5.32 Å². The average Bonchev–Trinajstić information content (AvgIpc) is 3.43. The van der Waals surface area contributed by atoms with Crippen LogP contribution in [0.15, 0.2) is 46.9 Å². The minimum atomic E-state index is -2.30. The molecule has 0 aliphatic heterocycles. The predicted octanol–water partition coefficient (Wildman–Crippen LogP) is 6.01. The fourth-order valence-electron chi connectivity index (χ4n) is 3.15. The normalized spacial score (nSPS) is 11.1. The molecule has 4 rings (SSSR count). The van der Waals surface area contributed by atoms with E-state index in [1.54, 1.807) is 29.8 Å². The minimum absolute atomic E-state index is 0.0956. The van der Waals surface area contributed by atoms with E-state index in [1.165, 1.54) is 12.1 Å². The molecule has 0 unspecified atom stereocenters. The third kappa shape index (κ3) is 5.14. The smallest absolute Gasteiger partial charge is 0.292 e. The summed E-state index contributed by atoms with van der Waals surface area (Å²) in [6, 6.07) is 11.4. The second-order valence-electron chi connectivity index (χ2n) is 7.37. The van der Waals surface area contributed by atoms with Gasteiger partial charge in [0.2, 0.25) is 29.1 Å². The van der Waals surface area contributed by atoms with Crippen molar-refractivity contribution in [1.82, 2.24) is 9.78 Å². The predicted molar refractivity (Wildman–Crippen MR) is 115 cm³/mol. The topological polar surface area (TPSA) is 69.3 Å². The SMILES string of the molecule is Cc1cc(NC(=O)c2ccc(COc3c(F)c(F)c(F)c(F)c3F)o2)nn1Cc1cccc(Cl)c1. The fraction of sp³-hybridized carbons (Fsp3) is 0.130. The third-order valence-corrected chi connectivity index (χ3v) is 5.09. The molecule has 0 atom stereocenters. The van der Waals surface area contributed by atoms with Gasteiger partial charge >= 0.3 is 0 Å². The third-order valence-electron chi connectivity index (χ3n) is 4.86. The number of aromatic nitrogens is 2. The number of ether oxygens (including phenoxy) is 1. The summed E-state index contributed by atoms with van der Waals surface area (Å²) in [5, 5.41) is 7.45.